The zero-order chi connectivity index (χ0) is 21.3. The Balaban J connectivity index is 1.58. The molecule has 1 atom stereocenters. The Morgan fingerprint density at radius 2 is 1.60 bits per heavy atom. The summed E-state index contributed by atoms with van der Waals surface area (Å²) < 4.78 is 5.65. The van der Waals surface area contributed by atoms with Gasteiger partial charge >= 0.3 is 0 Å². The Bertz CT molecular complexity index is 991. The molecule has 0 bridgehead atoms. The van der Waals surface area contributed by atoms with Gasteiger partial charge in [-0.25, -0.2) is 0 Å². The molecule has 1 unspecified atom stereocenters. The van der Waals surface area contributed by atoms with Gasteiger partial charge in [-0.15, -0.1) is 0 Å². The minimum Gasteiger partial charge on any atom is -0.481 e. The van der Waals surface area contributed by atoms with Crippen molar-refractivity contribution in [2.75, 3.05) is 11.9 Å². The molecule has 3 rings (SSSR count). The molecule has 3 aromatic carbocycles. The molecule has 0 aliphatic heterocycles. The molecule has 0 aliphatic rings. The van der Waals surface area contributed by atoms with Crippen LogP contribution in [0.3, 0.4) is 0 Å². The lowest BCUT2D eigenvalue weighted by Gasteiger charge is -2.16. The van der Waals surface area contributed by atoms with E-state index in [2.05, 4.69) is 10.6 Å². The van der Waals surface area contributed by atoms with E-state index in [-0.39, 0.29) is 11.8 Å². The number of nitrogens with one attached hydrogen (secondary N) is 2. The van der Waals surface area contributed by atoms with Gasteiger partial charge < -0.3 is 15.4 Å². The van der Waals surface area contributed by atoms with Gasteiger partial charge in [0.25, 0.3) is 11.8 Å². The van der Waals surface area contributed by atoms with Crippen molar-refractivity contribution in [3.05, 3.63) is 95.0 Å². The number of carbonyl (C=O) groups is 2. The van der Waals surface area contributed by atoms with Crippen LogP contribution in [0.25, 0.3) is 0 Å². The van der Waals surface area contributed by atoms with Gasteiger partial charge in [-0.3, -0.25) is 9.59 Å². The highest BCUT2D eigenvalue weighted by Crippen LogP contribution is 2.19. The highest BCUT2D eigenvalue weighted by molar-refractivity contribution is 6.30. The van der Waals surface area contributed by atoms with E-state index in [0.717, 1.165) is 12.0 Å². The molecule has 0 aliphatic carbocycles. The molecule has 0 fully saturated rings. The number of rotatable bonds is 8. The van der Waals surface area contributed by atoms with Gasteiger partial charge in [0, 0.05) is 11.6 Å². The standard InChI is InChI=1S/C24H23ClN2O3/c1-17(30-20-13-11-19(25)12-14-20)23(28)27-22-10-6-5-9-21(22)24(29)26-16-15-18-7-3-2-4-8-18/h2-14,17H,15-16H2,1H3,(H,26,29)(H,27,28). The predicted octanol–water partition coefficient (Wildman–Crippen LogP) is 4.72. The van der Waals surface area contributed by atoms with Crippen LogP contribution in [0.15, 0.2) is 78.9 Å². The Morgan fingerprint density at radius 1 is 0.933 bits per heavy atom. The number of halogens is 1. The smallest absolute Gasteiger partial charge is 0.265 e. The molecular formula is C24H23ClN2O3. The second-order valence-electron chi connectivity index (χ2n) is 6.74. The molecular weight excluding hydrogens is 400 g/mol. The number of amides is 2. The van der Waals surface area contributed by atoms with Crippen molar-refractivity contribution in [3.63, 3.8) is 0 Å². The van der Waals surface area contributed by atoms with Crippen LogP contribution in [0.5, 0.6) is 5.75 Å². The van der Waals surface area contributed by atoms with Crippen molar-refractivity contribution in [2.24, 2.45) is 0 Å². The molecule has 2 N–H and O–H groups in total. The molecule has 0 spiro atoms. The second-order valence-corrected chi connectivity index (χ2v) is 7.18. The van der Waals surface area contributed by atoms with Crippen molar-refractivity contribution in [1.29, 1.82) is 0 Å². The number of benzene rings is 3. The molecule has 2 amide bonds. The number of hydrogen-bond donors (Lipinski definition) is 2. The number of anilines is 1. The van der Waals surface area contributed by atoms with E-state index in [9.17, 15) is 9.59 Å². The Morgan fingerprint density at radius 3 is 2.33 bits per heavy atom. The number of para-hydroxylation sites is 1. The molecule has 6 heteroatoms. The lowest BCUT2D eigenvalue weighted by Crippen LogP contribution is -2.32. The topological polar surface area (TPSA) is 67.4 Å². The summed E-state index contributed by atoms with van der Waals surface area (Å²) in [5.74, 6) is -0.0587. The van der Waals surface area contributed by atoms with Crippen molar-refractivity contribution in [2.45, 2.75) is 19.4 Å². The highest BCUT2D eigenvalue weighted by atomic mass is 35.5. The third-order valence-corrected chi connectivity index (χ3v) is 4.72. The van der Waals surface area contributed by atoms with E-state index in [0.29, 0.717) is 28.6 Å². The fourth-order valence-electron chi connectivity index (χ4n) is 2.86. The first-order valence-corrected chi connectivity index (χ1v) is 10.0. The average molecular weight is 423 g/mol. The summed E-state index contributed by atoms with van der Waals surface area (Å²) in [6.07, 6.45) is -0.0204. The summed E-state index contributed by atoms with van der Waals surface area (Å²) in [7, 11) is 0. The maximum atomic E-state index is 12.6. The number of ether oxygens (including phenoxy) is 1. The SMILES string of the molecule is CC(Oc1ccc(Cl)cc1)C(=O)Nc1ccccc1C(=O)NCCc1ccccc1. The van der Waals surface area contributed by atoms with Crippen LogP contribution >= 0.6 is 11.6 Å². The summed E-state index contributed by atoms with van der Waals surface area (Å²) in [4.78, 5) is 25.2. The first-order valence-electron chi connectivity index (χ1n) is 9.67. The number of carbonyl (C=O) groups excluding carboxylic acids is 2. The molecule has 3 aromatic rings. The first kappa shape index (κ1) is 21.4. The van der Waals surface area contributed by atoms with Crippen LogP contribution in [-0.4, -0.2) is 24.5 Å². The fraction of sp³-hybridized carbons (Fsp3) is 0.167. The summed E-state index contributed by atoms with van der Waals surface area (Å²) in [5.41, 5.74) is 1.98. The highest BCUT2D eigenvalue weighted by Gasteiger charge is 2.18. The summed E-state index contributed by atoms with van der Waals surface area (Å²) in [6, 6.07) is 23.6. The molecule has 0 saturated heterocycles. The van der Waals surface area contributed by atoms with Crippen molar-refractivity contribution >= 4 is 29.1 Å². The van der Waals surface area contributed by atoms with E-state index < -0.39 is 6.10 Å². The maximum absolute atomic E-state index is 12.6. The summed E-state index contributed by atoms with van der Waals surface area (Å²) >= 11 is 5.86. The van der Waals surface area contributed by atoms with E-state index in [1.807, 2.05) is 30.3 Å². The van der Waals surface area contributed by atoms with Crippen LogP contribution in [0, 0.1) is 0 Å². The maximum Gasteiger partial charge on any atom is 0.265 e. The molecule has 30 heavy (non-hydrogen) atoms. The van der Waals surface area contributed by atoms with E-state index in [1.54, 1.807) is 55.5 Å². The van der Waals surface area contributed by atoms with E-state index in [1.165, 1.54) is 0 Å². The van der Waals surface area contributed by atoms with Crippen LogP contribution in [0.1, 0.15) is 22.8 Å². The van der Waals surface area contributed by atoms with Crippen LogP contribution in [0.4, 0.5) is 5.69 Å². The van der Waals surface area contributed by atoms with Gasteiger partial charge in [0.15, 0.2) is 6.10 Å². The van der Waals surface area contributed by atoms with Crippen LogP contribution in [-0.2, 0) is 11.2 Å². The van der Waals surface area contributed by atoms with E-state index in [4.69, 9.17) is 16.3 Å². The molecule has 0 radical (unpaired) electrons. The van der Waals surface area contributed by atoms with Crippen LogP contribution < -0.4 is 15.4 Å². The lowest BCUT2D eigenvalue weighted by molar-refractivity contribution is -0.122. The molecule has 5 nitrogen and oxygen atoms in total. The third kappa shape index (κ3) is 6.09. The molecule has 0 saturated carbocycles. The predicted molar refractivity (Wildman–Crippen MR) is 119 cm³/mol. The Kier molecular flexibility index (Phi) is 7.46. The molecule has 0 heterocycles. The lowest BCUT2D eigenvalue weighted by atomic mass is 10.1. The average Bonchev–Trinajstić information content (AvgIpc) is 2.76. The minimum atomic E-state index is -0.750. The Hall–Kier alpha value is -3.31. The van der Waals surface area contributed by atoms with Crippen LogP contribution in [0.2, 0.25) is 5.02 Å². The summed E-state index contributed by atoms with van der Waals surface area (Å²) in [6.45, 7) is 2.15. The number of hydrogen-bond acceptors (Lipinski definition) is 3. The van der Waals surface area contributed by atoms with Gasteiger partial charge in [0.1, 0.15) is 5.75 Å². The third-order valence-electron chi connectivity index (χ3n) is 4.47. The minimum absolute atomic E-state index is 0.242. The Labute approximate surface area is 181 Å². The normalized spacial score (nSPS) is 11.4. The van der Waals surface area contributed by atoms with Crippen molar-refractivity contribution < 1.29 is 14.3 Å². The second kappa shape index (κ2) is 10.5. The summed E-state index contributed by atoms with van der Waals surface area (Å²) in [5, 5.41) is 6.27. The largest absolute Gasteiger partial charge is 0.481 e. The zero-order valence-electron chi connectivity index (χ0n) is 16.6. The molecule has 154 valence electrons. The first-order chi connectivity index (χ1) is 14.5. The van der Waals surface area contributed by atoms with Gasteiger partial charge in [0.05, 0.1) is 11.3 Å². The van der Waals surface area contributed by atoms with Gasteiger partial charge in [-0.05, 0) is 55.3 Å². The zero-order valence-corrected chi connectivity index (χ0v) is 17.4. The van der Waals surface area contributed by atoms with Gasteiger partial charge in [-0.2, -0.15) is 0 Å². The van der Waals surface area contributed by atoms with Gasteiger partial charge in [-0.1, -0.05) is 54.1 Å². The van der Waals surface area contributed by atoms with E-state index >= 15 is 0 Å². The van der Waals surface area contributed by atoms with Gasteiger partial charge in [0.2, 0.25) is 0 Å². The monoisotopic (exact) mass is 422 g/mol. The quantitative estimate of drug-likeness (QED) is 0.552. The fourth-order valence-corrected chi connectivity index (χ4v) is 2.98. The van der Waals surface area contributed by atoms with Crippen molar-refractivity contribution in [1.82, 2.24) is 5.32 Å². The molecule has 0 aromatic heterocycles. The van der Waals surface area contributed by atoms with Crippen molar-refractivity contribution in [3.8, 4) is 5.75 Å².